The number of fused-ring (bicyclic) bond motifs is 1. The van der Waals surface area contributed by atoms with Gasteiger partial charge < -0.3 is 0 Å². The first-order chi connectivity index (χ1) is 14.9. The van der Waals surface area contributed by atoms with Crippen LogP contribution in [-0.2, 0) is 14.4 Å². The molecule has 5 nitrogen and oxygen atoms in total. The number of carbonyl (C=O) groups excluding carboxylic acids is 2. The largest absolute Gasteiger partial charge is 0.273 e. The predicted octanol–water partition coefficient (Wildman–Crippen LogP) is 5.70. The Morgan fingerprint density at radius 1 is 0.710 bits per heavy atom. The number of para-hydroxylation sites is 1. The second-order valence-corrected chi connectivity index (χ2v) is 8.66. The van der Waals surface area contributed by atoms with E-state index in [-0.39, 0.29) is 5.91 Å². The van der Waals surface area contributed by atoms with Crippen LogP contribution in [0.15, 0.2) is 72.8 Å². The highest BCUT2D eigenvalue weighted by atomic mass is 35.5. The van der Waals surface area contributed by atoms with Gasteiger partial charge in [0.15, 0.2) is 6.10 Å². The predicted molar refractivity (Wildman–Crippen MR) is 120 cm³/mol. The van der Waals surface area contributed by atoms with E-state index >= 15 is 0 Å². The van der Waals surface area contributed by atoms with Gasteiger partial charge in [0, 0.05) is 15.1 Å². The van der Waals surface area contributed by atoms with Crippen LogP contribution >= 0.6 is 34.8 Å². The number of amides is 2. The van der Waals surface area contributed by atoms with Gasteiger partial charge in [0.25, 0.3) is 5.91 Å². The summed E-state index contributed by atoms with van der Waals surface area (Å²) in [5.41, 5.74) is 1.88. The van der Waals surface area contributed by atoms with E-state index in [1.165, 1.54) is 12.1 Å². The molecule has 0 saturated carbocycles. The molecule has 156 valence electrons. The number of halogens is 3. The van der Waals surface area contributed by atoms with Gasteiger partial charge in [-0.2, -0.15) is 0 Å². The molecule has 2 saturated heterocycles. The zero-order valence-corrected chi connectivity index (χ0v) is 18.2. The van der Waals surface area contributed by atoms with E-state index in [1.54, 1.807) is 23.3 Å². The molecule has 2 heterocycles. The van der Waals surface area contributed by atoms with Gasteiger partial charge in [0.1, 0.15) is 5.92 Å². The van der Waals surface area contributed by atoms with Crippen molar-refractivity contribution in [3.8, 4) is 0 Å². The maximum atomic E-state index is 13.5. The van der Waals surface area contributed by atoms with Gasteiger partial charge in [-0.25, -0.2) is 9.96 Å². The van der Waals surface area contributed by atoms with E-state index in [4.69, 9.17) is 39.6 Å². The van der Waals surface area contributed by atoms with Crippen molar-refractivity contribution in [2.45, 2.75) is 12.1 Å². The summed E-state index contributed by atoms with van der Waals surface area (Å²) in [6.45, 7) is 0. The monoisotopic (exact) mass is 472 g/mol. The fourth-order valence-electron chi connectivity index (χ4n) is 4.13. The molecule has 3 aromatic rings. The number of rotatable bonds is 3. The molecule has 31 heavy (non-hydrogen) atoms. The Labute approximate surface area is 193 Å². The van der Waals surface area contributed by atoms with E-state index in [2.05, 4.69) is 0 Å². The molecule has 2 fully saturated rings. The molecular weight excluding hydrogens is 459 g/mol. The van der Waals surface area contributed by atoms with Gasteiger partial charge in [-0.05, 0) is 48.0 Å². The normalized spacial score (nSPS) is 22.9. The van der Waals surface area contributed by atoms with Crippen molar-refractivity contribution in [1.29, 1.82) is 0 Å². The van der Waals surface area contributed by atoms with Gasteiger partial charge in [-0.3, -0.25) is 14.4 Å². The molecular formula is C23H15Cl3N2O3. The minimum Gasteiger partial charge on any atom is -0.273 e. The zero-order chi connectivity index (χ0) is 21.7. The first-order valence-electron chi connectivity index (χ1n) is 9.54. The Kier molecular flexibility index (Phi) is 5.15. The van der Waals surface area contributed by atoms with Crippen molar-refractivity contribution >= 4 is 58.0 Å². The van der Waals surface area contributed by atoms with E-state index in [0.717, 1.165) is 16.2 Å². The number of carbonyl (C=O) groups is 2. The maximum Gasteiger partial charge on any atom is 0.266 e. The lowest BCUT2D eigenvalue weighted by atomic mass is 9.90. The molecule has 5 rings (SSSR count). The van der Waals surface area contributed by atoms with E-state index in [0.29, 0.717) is 20.8 Å². The highest BCUT2D eigenvalue weighted by Gasteiger charge is 2.60. The Morgan fingerprint density at radius 2 is 1.35 bits per heavy atom. The van der Waals surface area contributed by atoms with Crippen molar-refractivity contribution in [3.63, 3.8) is 0 Å². The second-order valence-electron chi connectivity index (χ2n) is 7.35. The van der Waals surface area contributed by atoms with Crippen molar-refractivity contribution in [1.82, 2.24) is 0 Å². The average molecular weight is 474 g/mol. The third kappa shape index (κ3) is 3.48. The van der Waals surface area contributed by atoms with Crippen LogP contribution in [-0.4, -0.2) is 17.9 Å². The minimum atomic E-state index is -0.967. The number of anilines is 2. The third-order valence-electron chi connectivity index (χ3n) is 5.44. The number of hydrogen-bond donors (Lipinski definition) is 0. The number of hydroxylamine groups is 1. The summed E-state index contributed by atoms with van der Waals surface area (Å²) in [6, 6.07) is 20.7. The summed E-state index contributed by atoms with van der Waals surface area (Å²) in [5, 5.41) is 2.88. The van der Waals surface area contributed by atoms with Crippen LogP contribution in [0.4, 0.5) is 11.4 Å². The van der Waals surface area contributed by atoms with Crippen molar-refractivity contribution in [3.05, 3.63) is 93.4 Å². The third-order valence-corrected chi connectivity index (χ3v) is 6.13. The summed E-state index contributed by atoms with van der Waals surface area (Å²) < 4.78 is 0. The summed E-state index contributed by atoms with van der Waals surface area (Å²) in [7, 11) is 0. The van der Waals surface area contributed by atoms with E-state index in [1.807, 2.05) is 42.5 Å². The van der Waals surface area contributed by atoms with Crippen molar-refractivity contribution in [2.75, 3.05) is 9.96 Å². The Bertz CT molecular complexity index is 1150. The molecule has 2 aliphatic heterocycles. The van der Waals surface area contributed by atoms with Crippen molar-refractivity contribution < 1.29 is 14.4 Å². The summed E-state index contributed by atoms with van der Waals surface area (Å²) >= 11 is 18.3. The molecule has 3 aromatic carbocycles. The fraction of sp³-hybridized carbons (Fsp3) is 0.130. The Balaban J connectivity index is 1.59. The SMILES string of the molecule is O=C1C2ON(c3ccccc3)C(c3ccc(Cl)cc3)C2C(=O)N1c1cc(Cl)cc(Cl)c1. The molecule has 0 spiro atoms. The van der Waals surface area contributed by atoms with Gasteiger partial charge in [-0.1, -0.05) is 65.1 Å². The van der Waals surface area contributed by atoms with Gasteiger partial charge in [0.05, 0.1) is 17.4 Å². The molecule has 0 N–H and O–H groups in total. The highest BCUT2D eigenvalue weighted by Crippen LogP contribution is 2.48. The molecule has 0 aliphatic carbocycles. The maximum absolute atomic E-state index is 13.5. The standard InChI is InChI=1S/C23H15Cl3N2O3/c24-14-8-6-13(7-9-14)20-19-21(31-28(20)17-4-2-1-3-5-17)23(30)27(22(19)29)18-11-15(25)10-16(26)12-18/h1-12,19-21H. The Morgan fingerprint density at radius 3 is 2.00 bits per heavy atom. The van der Waals surface area contributed by atoms with Crippen LogP contribution in [0.1, 0.15) is 11.6 Å². The zero-order valence-electron chi connectivity index (χ0n) is 15.9. The molecule has 0 aromatic heterocycles. The topological polar surface area (TPSA) is 49.9 Å². The molecule has 2 aliphatic rings. The van der Waals surface area contributed by atoms with E-state index in [9.17, 15) is 9.59 Å². The first-order valence-corrected chi connectivity index (χ1v) is 10.7. The average Bonchev–Trinajstić information content (AvgIpc) is 3.25. The molecule has 3 atom stereocenters. The minimum absolute atomic E-state index is 0.326. The summed E-state index contributed by atoms with van der Waals surface area (Å²) in [4.78, 5) is 34.0. The van der Waals surface area contributed by atoms with Gasteiger partial charge in [-0.15, -0.1) is 0 Å². The number of imide groups is 1. The molecule has 2 amide bonds. The quantitative estimate of drug-likeness (QED) is 0.458. The fourth-order valence-corrected chi connectivity index (χ4v) is 4.78. The van der Waals surface area contributed by atoms with Crippen LogP contribution in [0.5, 0.6) is 0 Å². The van der Waals surface area contributed by atoms with Gasteiger partial charge >= 0.3 is 0 Å². The summed E-state index contributed by atoms with van der Waals surface area (Å²) in [5.74, 6) is -1.57. The molecule has 0 bridgehead atoms. The van der Waals surface area contributed by atoms with Crippen LogP contribution < -0.4 is 9.96 Å². The molecule has 8 heteroatoms. The van der Waals surface area contributed by atoms with Crippen LogP contribution in [0, 0.1) is 5.92 Å². The lowest BCUT2D eigenvalue weighted by molar-refractivity contribution is -0.126. The molecule has 0 radical (unpaired) electrons. The highest BCUT2D eigenvalue weighted by molar-refractivity contribution is 6.36. The van der Waals surface area contributed by atoms with E-state index < -0.39 is 24.0 Å². The number of nitrogens with zero attached hydrogens (tertiary/aromatic N) is 2. The number of benzene rings is 3. The van der Waals surface area contributed by atoms with Crippen LogP contribution in [0.25, 0.3) is 0 Å². The second kappa shape index (κ2) is 7.84. The van der Waals surface area contributed by atoms with Crippen molar-refractivity contribution in [2.24, 2.45) is 5.92 Å². The first kappa shape index (κ1) is 20.3. The smallest absolute Gasteiger partial charge is 0.266 e. The van der Waals surface area contributed by atoms with Crippen LogP contribution in [0.2, 0.25) is 15.1 Å². The number of hydrogen-bond acceptors (Lipinski definition) is 4. The Hall–Kier alpha value is -2.57. The molecule has 3 unspecified atom stereocenters. The van der Waals surface area contributed by atoms with Crippen LogP contribution in [0.3, 0.4) is 0 Å². The van der Waals surface area contributed by atoms with Gasteiger partial charge in [0.2, 0.25) is 5.91 Å². The lowest BCUT2D eigenvalue weighted by Crippen LogP contribution is -2.37. The lowest BCUT2D eigenvalue weighted by Gasteiger charge is -2.28. The summed E-state index contributed by atoms with van der Waals surface area (Å²) in [6.07, 6.45) is -0.967.